The molecule has 0 aliphatic rings. The van der Waals surface area contributed by atoms with Crippen molar-refractivity contribution in [3.8, 4) is 0 Å². The molecule has 0 aliphatic heterocycles. The van der Waals surface area contributed by atoms with Gasteiger partial charge in [-0.3, -0.25) is 4.98 Å². The first-order valence-electron chi connectivity index (χ1n) is 3.71. The van der Waals surface area contributed by atoms with Gasteiger partial charge in [0.2, 0.25) is 10.0 Å². The number of alkyl halides is 2. The molecule has 0 aliphatic carbocycles. The normalized spacial score (nSPS) is 12.1. The van der Waals surface area contributed by atoms with Crippen LogP contribution in [-0.4, -0.2) is 13.4 Å². The molecule has 0 amide bonds. The molecule has 0 atom stereocenters. The Balaban J connectivity index is 3.62. The Hall–Kier alpha value is -0.350. The highest BCUT2D eigenvalue weighted by atomic mass is 127. The third kappa shape index (κ3) is 2.61. The number of nitrogens with two attached hydrogens (primary N) is 1. The number of rotatable bonds is 2. The lowest BCUT2D eigenvalue weighted by Crippen LogP contribution is -2.16. The zero-order valence-electron chi connectivity index (χ0n) is 7.54. The first-order chi connectivity index (χ1) is 6.75. The van der Waals surface area contributed by atoms with Crippen molar-refractivity contribution >= 4 is 32.6 Å². The van der Waals surface area contributed by atoms with Crippen LogP contribution in [0.25, 0.3) is 0 Å². The third-order valence-corrected chi connectivity index (χ3v) is 4.02. The summed E-state index contributed by atoms with van der Waals surface area (Å²) in [6.07, 6.45) is -2.04. The maximum atomic E-state index is 12.6. The fraction of sp³-hybridized carbons (Fsp3) is 0.286. The molecule has 84 valence electrons. The molecule has 0 aromatic carbocycles. The van der Waals surface area contributed by atoms with E-state index < -0.39 is 26.9 Å². The zero-order valence-corrected chi connectivity index (χ0v) is 10.5. The van der Waals surface area contributed by atoms with E-state index in [4.69, 9.17) is 5.14 Å². The van der Waals surface area contributed by atoms with E-state index in [2.05, 4.69) is 4.98 Å². The van der Waals surface area contributed by atoms with Gasteiger partial charge in [0.1, 0.15) is 4.90 Å². The fourth-order valence-electron chi connectivity index (χ4n) is 1.01. The van der Waals surface area contributed by atoms with Crippen molar-refractivity contribution in [1.82, 2.24) is 4.98 Å². The van der Waals surface area contributed by atoms with Crippen molar-refractivity contribution in [1.29, 1.82) is 0 Å². The van der Waals surface area contributed by atoms with Crippen LogP contribution in [0.2, 0.25) is 0 Å². The molecule has 0 radical (unpaired) electrons. The minimum Gasteiger partial charge on any atom is -0.259 e. The number of aromatic nitrogens is 1. The van der Waals surface area contributed by atoms with Crippen molar-refractivity contribution in [2.24, 2.45) is 5.14 Å². The molecule has 8 heteroatoms. The van der Waals surface area contributed by atoms with Gasteiger partial charge in [0.15, 0.2) is 0 Å². The van der Waals surface area contributed by atoms with Crippen LogP contribution in [0.5, 0.6) is 0 Å². The zero-order chi connectivity index (χ0) is 11.8. The number of primary sulfonamides is 1. The minimum atomic E-state index is -4.17. The minimum absolute atomic E-state index is 0.120. The molecule has 15 heavy (non-hydrogen) atoms. The highest BCUT2D eigenvalue weighted by Crippen LogP contribution is 2.30. The highest BCUT2D eigenvalue weighted by Gasteiger charge is 2.25. The molecule has 2 N–H and O–H groups in total. The van der Waals surface area contributed by atoms with Gasteiger partial charge in [0, 0.05) is 9.77 Å². The predicted octanol–water partition coefficient (Wildman–Crippen LogP) is 1.58. The largest absolute Gasteiger partial charge is 0.266 e. The summed E-state index contributed by atoms with van der Waals surface area (Å²) < 4.78 is 47.5. The number of pyridine rings is 1. The van der Waals surface area contributed by atoms with E-state index in [0.717, 1.165) is 6.20 Å². The number of hydrogen-bond donors (Lipinski definition) is 1. The smallest absolute Gasteiger partial charge is 0.259 e. The number of aryl methyl sites for hydroxylation is 1. The van der Waals surface area contributed by atoms with Gasteiger partial charge in [-0.1, -0.05) is 0 Å². The van der Waals surface area contributed by atoms with Crippen LogP contribution in [0.1, 0.15) is 17.7 Å². The van der Waals surface area contributed by atoms with Crippen molar-refractivity contribution < 1.29 is 17.2 Å². The topological polar surface area (TPSA) is 73.0 Å². The predicted molar refractivity (Wildman–Crippen MR) is 58.0 cm³/mol. The van der Waals surface area contributed by atoms with Gasteiger partial charge < -0.3 is 0 Å². The maximum Gasteiger partial charge on any atom is 0.266 e. The molecule has 1 aromatic rings. The molecule has 1 rings (SSSR count). The number of halogens is 3. The Kier molecular flexibility index (Phi) is 3.61. The summed E-state index contributed by atoms with van der Waals surface area (Å²) in [5, 5.41) is 4.81. The Bertz CT molecular complexity index is 490. The summed E-state index contributed by atoms with van der Waals surface area (Å²) in [5.41, 5.74) is -0.232. The first kappa shape index (κ1) is 12.7. The van der Waals surface area contributed by atoms with E-state index in [1.807, 2.05) is 0 Å². The fourth-order valence-corrected chi connectivity index (χ4v) is 2.56. The van der Waals surface area contributed by atoms with E-state index >= 15 is 0 Å². The maximum absolute atomic E-state index is 12.6. The molecule has 1 heterocycles. The van der Waals surface area contributed by atoms with Crippen molar-refractivity contribution in [2.45, 2.75) is 18.2 Å². The molecule has 0 saturated carbocycles. The number of hydrogen-bond acceptors (Lipinski definition) is 3. The van der Waals surface area contributed by atoms with Crippen LogP contribution < -0.4 is 5.14 Å². The van der Waals surface area contributed by atoms with Gasteiger partial charge in [-0.05, 0) is 29.5 Å². The highest BCUT2D eigenvalue weighted by molar-refractivity contribution is 14.1. The van der Waals surface area contributed by atoms with Gasteiger partial charge in [-0.15, -0.1) is 0 Å². The number of nitrogens with zero attached hydrogens (tertiary/aromatic N) is 1. The van der Waals surface area contributed by atoms with Crippen LogP contribution in [0.3, 0.4) is 0 Å². The molecular formula is C7H7F2IN2O2S. The van der Waals surface area contributed by atoms with Gasteiger partial charge in [0.25, 0.3) is 6.43 Å². The average Bonchev–Trinajstić information content (AvgIpc) is 2.06. The monoisotopic (exact) mass is 348 g/mol. The Morgan fingerprint density at radius 3 is 2.47 bits per heavy atom. The number of sulfonamides is 1. The van der Waals surface area contributed by atoms with Gasteiger partial charge in [-0.25, -0.2) is 22.3 Å². The lowest BCUT2D eigenvalue weighted by molar-refractivity contribution is 0.146. The van der Waals surface area contributed by atoms with Gasteiger partial charge in [0.05, 0.1) is 11.3 Å². The Labute approximate surface area is 99.1 Å². The van der Waals surface area contributed by atoms with Crippen molar-refractivity contribution in [3.05, 3.63) is 21.0 Å². The van der Waals surface area contributed by atoms with Crippen molar-refractivity contribution in [2.75, 3.05) is 0 Å². The van der Waals surface area contributed by atoms with Crippen LogP contribution in [0.4, 0.5) is 8.78 Å². The third-order valence-electron chi connectivity index (χ3n) is 1.72. The molecule has 0 unspecified atom stereocenters. The Morgan fingerprint density at radius 2 is 2.07 bits per heavy atom. The molecule has 4 nitrogen and oxygen atoms in total. The SMILES string of the molecule is Cc1ncc(S(N)(=O)=O)c(C(F)F)c1I. The molecule has 0 spiro atoms. The van der Waals surface area contributed by atoms with Crippen LogP contribution in [-0.2, 0) is 10.0 Å². The summed E-state index contributed by atoms with van der Waals surface area (Å²) >= 11 is 1.62. The summed E-state index contributed by atoms with van der Waals surface area (Å²) in [4.78, 5) is 3.07. The standard InChI is InChI=1S/C7H7F2IN2O2S/c1-3-6(10)5(7(8)9)4(2-12-3)15(11,13)14/h2,7H,1H3,(H2,11,13,14). The first-order valence-corrected chi connectivity index (χ1v) is 6.33. The second kappa shape index (κ2) is 4.26. The van der Waals surface area contributed by atoms with Crippen LogP contribution >= 0.6 is 22.6 Å². The van der Waals surface area contributed by atoms with E-state index in [1.165, 1.54) is 6.92 Å². The molecular weight excluding hydrogens is 341 g/mol. The summed E-state index contributed by atoms with van der Waals surface area (Å²) in [6, 6.07) is 0. The summed E-state index contributed by atoms with van der Waals surface area (Å²) in [6.45, 7) is 1.51. The van der Waals surface area contributed by atoms with Crippen LogP contribution in [0.15, 0.2) is 11.1 Å². The molecule has 1 aromatic heterocycles. The van der Waals surface area contributed by atoms with Gasteiger partial charge >= 0.3 is 0 Å². The molecule has 0 bridgehead atoms. The molecule has 0 saturated heterocycles. The van der Waals surface area contributed by atoms with Crippen molar-refractivity contribution in [3.63, 3.8) is 0 Å². The average molecular weight is 348 g/mol. The second-order valence-electron chi connectivity index (χ2n) is 2.78. The van der Waals surface area contributed by atoms with E-state index in [9.17, 15) is 17.2 Å². The lowest BCUT2D eigenvalue weighted by atomic mass is 10.2. The van der Waals surface area contributed by atoms with Gasteiger partial charge in [-0.2, -0.15) is 0 Å². The quantitative estimate of drug-likeness (QED) is 0.825. The summed E-state index contributed by atoms with van der Waals surface area (Å²) in [5.74, 6) is 0. The van der Waals surface area contributed by atoms with Crippen LogP contribution in [0, 0.1) is 10.5 Å². The lowest BCUT2D eigenvalue weighted by Gasteiger charge is -2.10. The van der Waals surface area contributed by atoms with E-state index in [0.29, 0.717) is 5.69 Å². The second-order valence-corrected chi connectivity index (χ2v) is 5.39. The molecule has 0 fully saturated rings. The Morgan fingerprint density at radius 1 is 1.53 bits per heavy atom. The van der Waals surface area contributed by atoms with E-state index in [-0.39, 0.29) is 3.57 Å². The summed E-state index contributed by atoms with van der Waals surface area (Å²) in [7, 11) is -4.17. The van der Waals surface area contributed by atoms with E-state index in [1.54, 1.807) is 22.6 Å².